The summed E-state index contributed by atoms with van der Waals surface area (Å²) in [5, 5.41) is 3.08. The van der Waals surface area contributed by atoms with Gasteiger partial charge in [0.1, 0.15) is 4.21 Å². The third kappa shape index (κ3) is 4.28. The van der Waals surface area contributed by atoms with Gasteiger partial charge in [0.25, 0.3) is 0 Å². The summed E-state index contributed by atoms with van der Waals surface area (Å²) in [6.07, 6.45) is 6.65. The van der Waals surface area contributed by atoms with Crippen LogP contribution >= 0.6 is 11.3 Å². The lowest BCUT2D eigenvalue weighted by Crippen LogP contribution is -2.35. The molecule has 1 aliphatic rings. The van der Waals surface area contributed by atoms with Gasteiger partial charge in [0.2, 0.25) is 10.0 Å². The van der Waals surface area contributed by atoms with Crippen molar-refractivity contribution in [1.29, 1.82) is 0 Å². The van der Waals surface area contributed by atoms with Crippen molar-refractivity contribution < 1.29 is 8.42 Å². The first-order valence-electron chi connectivity index (χ1n) is 7.74. The molecule has 1 aromatic rings. The Hall–Kier alpha value is -0.430. The topological polar surface area (TPSA) is 58.2 Å². The highest BCUT2D eigenvalue weighted by molar-refractivity contribution is 7.91. The van der Waals surface area contributed by atoms with E-state index in [0.29, 0.717) is 10.8 Å². The minimum atomic E-state index is -3.35. The van der Waals surface area contributed by atoms with E-state index in [1.165, 1.54) is 24.2 Å². The molecule has 1 saturated carbocycles. The smallest absolute Gasteiger partial charge is 0.250 e. The van der Waals surface area contributed by atoms with E-state index in [-0.39, 0.29) is 5.41 Å². The second-order valence-electron chi connectivity index (χ2n) is 5.96. The zero-order chi connectivity index (χ0) is 15.3. The van der Waals surface area contributed by atoms with Gasteiger partial charge in [0.15, 0.2) is 0 Å². The highest BCUT2D eigenvalue weighted by atomic mass is 32.2. The molecule has 2 N–H and O–H groups in total. The second kappa shape index (κ2) is 7.22. The van der Waals surface area contributed by atoms with Crippen molar-refractivity contribution >= 4 is 21.4 Å². The van der Waals surface area contributed by atoms with Crippen molar-refractivity contribution in [3.05, 3.63) is 17.0 Å². The van der Waals surface area contributed by atoms with E-state index < -0.39 is 10.0 Å². The number of likely N-dealkylation sites (N-methyl/N-ethyl adjacent to an activating group) is 1. The summed E-state index contributed by atoms with van der Waals surface area (Å²) in [6, 6.07) is 3.65. The van der Waals surface area contributed by atoms with Gasteiger partial charge >= 0.3 is 0 Å². The number of nitrogens with one attached hydrogen (secondary N) is 2. The normalized spacial score (nSPS) is 18.2. The van der Waals surface area contributed by atoms with Crippen LogP contribution in [0, 0.1) is 5.41 Å². The van der Waals surface area contributed by atoms with Crippen molar-refractivity contribution in [3.8, 4) is 0 Å². The van der Waals surface area contributed by atoms with Crippen molar-refractivity contribution in [1.82, 2.24) is 10.0 Å². The summed E-state index contributed by atoms with van der Waals surface area (Å²) in [4.78, 5) is 1.11. The Labute approximate surface area is 132 Å². The van der Waals surface area contributed by atoms with Crippen LogP contribution in [0.5, 0.6) is 0 Å². The molecule has 1 heterocycles. The van der Waals surface area contributed by atoms with Crippen LogP contribution in [-0.2, 0) is 16.4 Å². The second-order valence-corrected chi connectivity index (χ2v) is 9.12. The predicted octanol–water partition coefficient (Wildman–Crippen LogP) is 2.76. The zero-order valence-corrected chi connectivity index (χ0v) is 14.6. The Morgan fingerprint density at radius 3 is 2.62 bits per heavy atom. The van der Waals surface area contributed by atoms with Crippen molar-refractivity contribution in [2.75, 3.05) is 20.1 Å². The maximum atomic E-state index is 12.4. The predicted molar refractivity (Wildman–Crippen MR) is 88.3 cm³/mol. The van der Waals surface area contributed by atoms with E-state index in [1.54, 1.807) is 6.07 Å². The van der Waals surface area contributed by atoms with E-state index in [4.69, 9.17) is 0 Å². The fraction of sp³-hybridized carbons (Fsp3) is 0.733. The zero-order valence-electron chi connectivity index (χ0n) is 12.9. The molecule has 0 saturated heterocycles. The summed E-state index contributed by atoms with van der Waals surface area (Å²) < 4.78 is 28.1. The van der Waals surface area contributed by atoms with Crippen molar-refractivity contribution in [3.63, 3.8) is 0 Å². The summed E-state index contributed by atoms with van der Waals surface area (Å²) >= 11 is 1.38. The number of thiophene rings is 1. The maximum Gasteiger partial charge on any atom is 0.250 e. The summed E-state index contributed by atoms with van der Waals surface area (Å²) in [6.45, 7) is 3.61. The molecule has 0 atom stereocenters. The SMILES string of the molecule is CCC1(CNS(=O)(=O)c2ccc(CCNC)s2)CCCC1. The molecule has 2 rings (SSSR count). The third-order valence-corrected chi connectivity index (χ3v) is 7.61. The van der Waals surface area contributed by atoms with E-state index in [2.05, 4.69) is 17.0 Å². The van der Waals surface area contributed by atoms with E-state index >= 15 is 0 Å². The molecule has 0 aromatic carbocycles. The third-order valence-electron chi connectivity index (χ3n) is 4.57. The minimum absolute atomic E-state index is 0.180. The highest BCUT2D eigenvalue weighted by Gasteiger charge is 2.33. The lowest BCUT2D eigenvalue weighted by Gasteiger charge is -2.27. The number of sulfonamides is 1. The molecule has 120 valence electrons. The molecular weight excluding hydrogens is 304 g/mol. The molecule has 0 aliphatic heterocycles. The molecule has 1 aliphatic carbocycles. The number of hydrogen-bond donors (Lipinski definition) is 2. The van der Waals surface area contributed by atoms with Crippen LogP contribution < -0.4 is 10.0 Å². The Bertz CT molecular complexity index is 546. The quantitative estimate of drug-likeness (QED) is 0.770. The Morgan fingerprint density at radius 2 is 2.00 bits per heavy atom. The van der Waals surface area contributed by atoms with Crippen LogP contribution in [0.15, 0.2) is 16.3 Å². The monoisotopic (exact) mass is 330 g/mol. The van der Waals surface area contributed by atoms with Crippen LogP contribution in [0.25, 0.3) is 0 Å². The summed E-state index contributed by atoms with van der Waals surface area (Å²) in [5.74, 6) is 0. The van der Waals surface area contributed by atoms with Gasteiger partial charge in [0, 0.05) is 11.4 Å². The van der Waals surface area contributed by atoms with Gasteiger partial charge in [-0.1, -0.05) is 19.8 Å². The van der Waals surface area contributed by atoms with Crippen LogP contribution in [0.3, 0.4) is 0 Å². The molecule has 1 fully saturated rings. The van der Waals surface area contributed by atoms with Crippen LogP contribution in [-0.4, -0.2) is 28.6 Å². The average molecular weight is 331 g/mol. The Balaban J connectivity index is 1.99. The minimum Gasteiger partial charge on any atom is -0.319 e. The molecule has 6 heteroatoms. The van der Waals surface area contributed by atoms with Gasteiger partial charge in [-0.15, -0.1) is 11.3 Å². The standard InChI is InChI=1S/C15H26N2O2S2/c1-3-15(9-4-5-10-15)12-17-21(18,19)14-7-6-13(20-14)8-11-16-2/h6-7,16-17H,3-5,8-12H2,1-2H3. The van der Waals surface area contributed by atoms with Crippen molar-refractivity contribution in [2.24, 2.45) is 5.41 Å². The van der Waals surface area contributed by atoms with Crippen LogP contribution in [0.1, 0.15) is 43.9 Å². The Morgan fingerprint density at radius 1 is 1.29 bits per heavy atom. The fourth-order valence-electron chi connectivity index (χ4n) is 2.98. The first-order chi connectivity index (χ1) is 10.0. The average Bonchev–Trinajstić information content (AvgIpc) is 3.13. The van der Waals surface area contributed by atoms with Gasteiger partial charge in [0.05, 0.1) is 0 Å². The number of hydrogen-bond acceptors (Lipinski definition) is 4. The molecule has 0 amide bonds. The maximum absolute atomic E-state index is 12.4. The van der Waals surface area contributed by atoms with Gasteiger partial charge in [-0.3, -0.25) is 0 Å². The molecule has 0 unspecified atom stereocenters. The van der Waals surface area contributed by atoms with Crippen molar-refractivity contribution in [2.45, 2.75) is 49.7 Å². The van der Waals surface area contributed by atoms with Gasteiger partial charge < -0.3 is 5.32 Å². The lowest BCUT2D eigenvalue weighted by atomic mass is 9.84. The Kier molecular flexibility index (Phi) is 5.82. The molecule has 1 aromatic heterocycles. The lowest BCUT2D eigenvalue weighted by molar-refractivity contribution is 0.286. The van der Waals surface area contributed by atoms with E-state index in [1.807, 2.05) is 13.1 Å². The molecule has 0 radical (unpaired) electrons. The van der Waals surface area contributed by atoms with E-state index in [9.17, 15) is 8.42 Å². The molecular formula is C15H26N2O2S2. The molecule has 21 heavy (non-hydrogen) atoms. The van der Waals surface area contributed by atoms with Gasteiger partial charge in [-0.25, -0.2) is 13.1 Å². The molecule has 0 bridgehead atoms. The fourth-order valence-corrected chi connectivity index (χ4v) is 5.54. The first kappa shape index (κ1) is 16.9. The summed E-state index contributed by atoms with van der Waals surface area (Å²) in [5.41, 5.74) is 0.180. The molecule has 0 spiro atoms. The van der Waals surface area contributed by atoms with Crippen LogP contribution in [0.4, 0.5) is 0 Å². The summed E-state index contributed by atoms with van der Waals surface area (Å²) in [7, 11) is -1.45. The first-order valence-corrected chi connectivity index (χ1v) is 10.0. The number of rotatable bonds is 8. The van der Waals surface area contributed by atoms with E-state index in [0.717, 1.165) is 37.1 Å². The largest absolute Gasteiger partial charge is 0.319 e. The highest BCUT2D eigenvalue weighted by Crippen LogP contribution is 2.40. The molecule has 4 nitrogen and oxygen atoms in total. The van der Waals surface area contributed by atoms with Crippen LogP contribution in [0.2, 0.25) is 0 Å². The van der Waals surface area contributed by atoms with Gasteiger partial charge in [-0.2, -0.15) is 0 Å². The van der Waals surface area contributed by atoms with Gasteiger partial charge in [-0.05, 0) is 56.8 Å².